The van der Waals surface area contributed by atoms with Gasteiger partial charge in [0.15, 0.2) is 11.0 Å². The number of methoxy groups -OCH3 is 1. The normalized spacial score (nSPS) is 15.5. The molecule has 1 aromatic heterocycles. The monoisotopic (exact) mass is 489 g/mol. The second-order valence-electron chi connectivity index (χ2n) is 8.24. The van der Waals surface area contributed by atoms with Crippen LogP contribution in [0.2, 0.25) is 5.15 Å². The SMILES string of the molecule is CCCCOC(=O)NCC1CCCCN1c1nc(Cl)c(C(=O)OC)c(Nc2cccc(C)c2)n1. The Hall–Kier alpha value is -3.07. The number of ether oxygens (including phenoxy) is 2. The van der Waals surface area contributed by atoms with Crippen LogP contribution in [0.1, 0.15) is 54.9 Å². The van der Waals surface area contributed by atoms with Crippen LogP contribution < -0.4 is 15.5 Å². The molecule has 0 aliphatic carbocycles. The minimum absolute atomic E-state index is 0.00302. The molecule has 0 saturated carbocycles. The Kier molecular flexibility index (Phi) is 9.33. The lowest BCUT2D eigenvalue weighted by Crippen LogP contribution is -2.47. The van der Waals surface area contributed by atoms with Gasteiger partial charge < -0.3 is 25.0 Å². The van der Waals surface area contributed by atoms with Gasteiger partial charge >= 0.3 is 12.1 Å². The topological polar surface area (TPSA) is 106 Å². The highest BCUT2D eigenvalue weighted by Gasteiger charge is 2.29. The molecule has 2 N–H and O–H groups in total. The van der Waals surface area contributed by atoms with Crippen LogP contribution in [0.15, 0.2) is 24.3 Å². The molecule has 0 radical (unpaired) electrons. The molecule has 2 aromatic rings. The maximum atomic E-state index is 12.4. The first-order valence-electron chi connectivity index (χ1n) is 11.6. The molecule has 1 aliphatic rings. The fraction of sp³-hybridized carbons (Fsp3) is 0.500. The number of nitrogens with one attached hydrogen (secondary N) is 2. The standard InChI is InChI=1S/C24H32ClN5O4/c1-4-5-13-34-24(32)26-15-18-11-6-7-12-30(18)23-28-20(25)19(22(31)33-3)21(29-23)27-17-10-8-9-16(2)14-17/h8-10,14,18H,4-7,11-13,15H2,1-3H3,(H,26,32)(H,27,28,29). The molecule has 9 nitrogen and oxygen atoms in total. The highest BCUT2D eigenvalue weighted by atomic mass is 35.5. The van der Waals surface area contributed by atoms with E-state index in [1.165, 1.54) is 7.11 Å². The zero-order valence-corrected chi connectivity index (χ0v) is 20.7. The predicted octanol–water partition coefficient (Wildman–Crippen LogP) is 4.85. The minimum Gasteiger partial charge on any atom is -0.465 e. The molecule has 1 fully saturated rings. The molecule has 1 atom stereocenters. The number of aromatic nitrogens is 2. The number of carbonyl (C=O) groups excluding carboxylic acids is 2. The number of piperidine rings is 1. The van der Waals surface area contributed by atoms with Crippen LogP contribution in [0.4, 0.5) is 22.2 Å². The van der Waals surface area contributed by atoms with E-state index in [0.29, 0.717) is 25.6 Å². The van der Waals surface area contributed by atoms with Gasteiger partial charge in [-0.25, -0.2) is 9.59 Å². The molecule has 3 rings (SSSR count). The van der Waals surface area contributed by atoms with E-state index < -0.39 is 12.1 Å². The third-order valence-corrected chi connectivity index (χ3v) is 5.89. The lowest BCUT2D eigenvalue weighted by Gasteiger charge is -2.36. The van der Waals surface area contributed by atoms with E-state index >= 15 is 0 Å². The predicted molar refractivity (Wildman–Crippen MR) is 132 cm³/mol. The molecule has 0 bridgehead atoms. The zero-order chi connectivity index (χ0) is 24.5. The van der Waals surface area contributed by atoms with Crippen molar-refractivity contribution >= 4 is 41.1 Å². The summed E-state index contributed by atoms with van der Waals surface area (Å²) in [6.07, 6.45) is 4.20. The summed E-state index contributed by atoms with van der Waals surface area (Å²) in [5, 5.41) is 6.04. The summed E-state index contributed by atoms with van der Waals surface area (Å²) >= 11 is 6.46. The van der Waals surface area contributed by atoms with Gasteiger partial charge in [0.2, 0.25) is 5.95 Å². The maximum Gasteiger partial charge on any atom is 0.407 e. The number of amides is 1. The number of unbranched alkanes of at least 4 members (excludes halogenated alkanes) is 1. The molecule has 0 spiro atoms. The minimum atomic E-state index is -0.626. The van der Waals surface area contributed by atoms with Crippen molar-refractivity contribution in [2.24, 2.45) is 0 Å². The molecule has 1 unspecified atom stereocenters. The van der Waals surface area contributed by atoms with Gasteiger partial charge in [0.25, 0.3) is 0 Å². The van der Waals surface area contributed by atoms with Crippen LogP contribution in [0.5, 0.6) is 0 Å². The molecular weight excluding hydrogens is 458 g/mol. The molecule has 1 amide bonds. The van der Waals surface area contributed by atoms with Crippen molar-refractivity contribution in [3.63, 3.8) is 0 Å². The molecule has 34 heavy (non-hydrogen) atoms. The zero-order valence-electron chi connectivity index (χ0n) is 19.9. The molecule has 1 saturated heterocycles. The first kappa shape index (κ1) is 25.6. The summed E-state index contributed by atoms with van der Waals surface area (Å²) in [4.78, 5) is 35.6. The van der Waals surface area contributed by atoms with E-state index in [4.69, 9.17) is 21.1 Å². The van der Waals surface area contributed by atoms with E-state index in [1.807, 2.05) is 43.0 Å². The number of aryl methyl sites for hydroxylation is 1. The van der Waals surface area contributed by atoms with Gasteiger partial charge in [0, 0.05) is 24.8 Å². The maximum absolute atomic E-state index is 12.4. The number of benzene rings is 1. The van der Waals surface area contributed by atoms with Crippen molar-refractivity contribution < 1.29 is 19.1 Å². The molecule has 2 heterocycles. The van der Waals surface area contributed by atoms with Crippen molar-refractivity contribution in [3.8, 4) is 0 Å². The number of nitrogens with zero attached hydrogens (tertiary/aromatic N) is 3. The van der Waals surface area contributed by atoms with Gasteiger partial charge in [-0.1, -0.05) is 37.1 Å². The number of esters is 1. The van der Waals surface area contributed by atoms with Gasteiger partial charge in [-0.15, -0.1) is 0 Å². The number of rotatable bonds is 9. The fourth-order valence-corrected chi connectivity index (χ4v) is 4.06. The number of halogens is 1. The van der Waals surface area contributed by atoms with Gasteiger partial charge in [-0.2, -0.15) is 9.97 Å². The van der Waals surface area contributed by atoms with Gasteiger partial charge in [0.05, 0.1) is 13.7 Å². The number of anilines is 3. The molecule has 10 heteroatoms. The van der Waals surface area contributed by atoms with Crippen molar-refractivity contribution in [1.82, 2.24) is 15.3 Å². The van der Waals surface area contributed by atoms with Crippen LogP contribution in [-0.4, -0.2) is 54.9 Å². The van der Waals surface area contributed by atoms with Crippen LogP contribution in [0.25, 0.3) is 0 Å². The quantitative estimate of drug-likeness (QED) is 0.292. The number of hydrogen-bond acceptors (Lipinski definition) is 8. The second-order valence-corrected chi connectivity index (χ2v) is 8.60. The Bertz CT molecular complexity index is 1000. The van der Waals surface area contributed by atoms with Crippen molar-refractivity contribution in [2.75, 3.05) is 37.0 Å². The van der Waals surface area contributed by atoms with Gasteiger partial charge in [-0.05, 0) is 50.3 Å². The van der Waals surface area contributed by atoms with Crippen LogP contribution in [0, 0.1) is 6.92 Å². The van der Waals surface area contributed by atoms with E-state index in [0.717, 1.165) is 43.4 Å². The van der Waals surface area contributed by atoms with Gasteiger partial charge in [-0.3, -0.25) is 0 Å². The molecular formula is C24H32ClN5O4. The van der Waals surface area contributed by atoms with Gasteiger partial charge in [0.1, 0.15) is 5.56 Å². The van der Waals surface area contributed by atoms with Crippen LogP contribution in [0.3, 0.4) is 0 Å². The van der Waals surface area contributed by atoms with Crippen LogP contribution in [-0.2, 0) is 9.47 Å². The highest BCUT2D eigenvalue weighted by Crippen LogP contribution is 2.30. The van der Waals surface area contributed by atoms with Crippen molar-refractivity contribution in [3.05, 3.63) is 40.5 Å². The molecule has 1 aliphatic heterocycles. The lowest BCUT2D eigenvalue weighted by atomic mass is 10.0. The third-order valence-electron chi connectivity index (χ3n) is 5.62. The summed E-state index contributed by atoms with van der Waals surface area (Å²) in [5.74, 6) is 0.0285. The first-order chi connectivity index (χ1) is 16.4. The van der Waals surface area contributed by atoms with Crippen molar-refractivity contribution in [2.45, 2.75) is 52.0 Å². The Morgan fingerprint density at radius 3 is 2.82 bits per heavy atom. The van der Waals surface area contributed by atoms with E-state index in [-0.39, 0.29) is 22.6 Å². The van der Waals surface area contributed by atoms with Crippen LogP contribution >= 0.6 is 11.6 Å². The lowest BCUT2D eigenvalue weighted by molar-refractivity contribution is 0.0601. The fourth-order valence-electron chi connectivity index (χ4n) is 3.82. The average molecular weight is 490 g/mol. The Balaban J connectivity index is 1.85. The summed E-state index contributed by atoms with van der Waals surface area (Å²) in [6, 6.07) is 7.67. The van der Waals surface area contributed by atoms with Crippen molar-refractivity contribution in [1.29, 1.82) is 0 Å². The average Bonchev–Trinajstić information content (AvgIpc) is 2.82. The van der Waals surface area contributed by atoms with E-state index in [9.17, 15) is 9.59 Å². The largest absolute Gasteiger partial charge is 0.465 e. The number of alkyl carbamates (subject to hydrolysis) is 1. The van der Waals surface area contributed by atoms with E-state index in [2.05, 4.69) is 20.6 Å². The Morgan fingerprint density at radius 2 is 2.09 bits per heavy atom. The third kappa shape index (κ3) is 6.72. The summed E-state index contributed by atoms with van der Waals surface area (Å²) in [7, 11) is 1.29. The highest BCUT2D eigenvalue weighted by molar-refractivity contribution is 6.33. The Labute approximate surface area is 205 Å². The Morgan fingerprint density at radius 1 is 1.26 bits per heavy atom. The summed E-state index contributed by atoms with van der Waals surface area (Å²) in [5.41, 5.74) is 1.89. The first-order valence-corrected chi connectivity index (χ1v) is 12.0. The second kappa shape index (κ2) is 12.4. The molecule has 1 aromatic carbocycles. The number of hydrogen-bond donors (Lipinski definition) is 2. The van der Waals surface area contributed by atoms with E-state index in [1.54, 1.807) is 0 Å². The smallest absolute Gasteiger partial charge is 0.407 e. The molecule has 184 valence electrons. The summed E-state index contributed by atoms with van der Waals surface area (Å²) in [6.45, 7) is 5.52. The summed E-state index contributed by atoms with van der Waals surface area (Å²) < 4.78 is 10.1. The number of carbonyl (C=O) groups is 2.